The Bertz CT molecular complexity index is 992. The molecule has 1 aromatic carbocycles. The number of hydrogen-bond donors (Lipinski definition) is 4. The first kappa shape index (κ1) is 19.9. The van der Waals surface area contributed by atoms with Crippen LogP contribution in [0, 0.1) is 18.7 Å². The standard InChI is InChI=1S/C19H21FN8O/c1-10-7-8-13(20)15(9-10)23-19(29)24-18(22-3)28-25-11(2)12-5-4-6-14-16(12)17(21)27-26-14/h4-9,14,16,26H,3H2,1-2H3,(H2,21,27)(H2,23,24,28,29)/b25-11+. The first-order valence-electron chi connectivity index (χ1n) is 8.79. The second-order valence-electron chi connectivity index (χ2n) is 6.51. The van der Waals surface area contributed by atoms with Crippen molar-refractivity contribution in [1.82, 2.24) is 10.7 Å². The number of allylic oxidation sites excluding steroid dienone is 2. The smallest absolute Gasteiger partial charge is 0.326 e. The van der Waals surface area contributed by atoms with Crippen LogP contribution in [0.15, 0.2) is 62.3 Å². The molecule has 1 aliphatic heterocycles. The molecule has 2 unspecified atom stereocenters. The summed E-state index contributed by atoms with van der Waals surface area (Å²) in [4.78, 5) is 15.8. The lowest BCUT2D eigenvalue weighted by Gasteiger charge is -2.22. The lowest BCUT2D eigenvalue weighted by Crippen LogP contribution is -2.35. The maximum Gasteiger partial charge on any atom is 0.326 e. The van der Waals surface area contributed by atoms with E-state index < -0.39 is 11.8 Å². The Hall–Kier alpha value is -3.82. The van der Waals surface area contributed by atoms with E-state index in [-0.39, 0.29) is 23.6 Å². The number of nitrogens with one attached hydrogen (secondary N) is 3. The lowest BCUT2D eigenvalue weighted by molar-refractivity contribution is 0.256. The number of carbonyl (C=O) groups is 1. The molecule has 0 bridgehead atoms. The van der Waals surface area contributed by atoms with Gasteiger partial charge in [-0.25, -0.2) is 14.2 Å². The zero-order chi connectivity index (χ0) is 21.0. The third-order valence-electron chi connectivity index (χ3n) is 4.41. The molecule has 1 aromatic rings. The van der Waals surface area contributed by atoms with Crippen LogP contribution in [-0.2, 0) is 0 Å². The molecule has 2 aliphatic rings. The number of aliphatic imine (C=N–C) groups is 1. The first-order chi connectivity index (χ1) is 13.9. The van der Waals surface area contributed by atoms with Gasteiger partial charge in [0.1, 0.15) is 11.7 Å². The molecule has 3 rings (SSSR count). The minimum Gasteiger partial charge on any atom is -0.385 e. The molecule has 0 aromatic heterocycles. The number of amides is 2. The van der Waals surface area contributed by atoms with Crippen molar-refractivity contribution in [3.05, 3.63) is 53.4 Å². The third kappa shape index (κ3) is 4.54. The van der Waals surface area contributed by atoms with E-state index in [1.54, 1.807) is 19.9 Å². The van der Waals surface area contributed by atoms with E-state index in [2.05, 4.69) is 43.1 Å². The monoisotopic (exact) mass is 396 g/mol. The number of aryl methyl sites for hydroxylation is 1. The number of urea groups is 1. The number of fused-ring (bicyclic) bond motifs is 1. The van der Waals surface area contributed by atoms with Crippen LogP contribution in [0.4, 0.5) is 14.9 Å². The fraction of sp³-hybridized carbons (Fsp3) is 0.211. The highest BCUT2D eigenvalue weighted by atomic mass is 19.1. The predicted octanol–water partition coefficient (Wildman–Crippen LogP) is 2.04. The van der Waals surface area contributed by atoms with Crippen LogP contribution in [0.2, 0.25) is 0 Å². The van der Waals surface area contributed by atoms with E-state index in [9.17, 15) is 9.18 Å². The van der Waals surface area contributed by atoms with Gasteiger partial charge in [-0.3, -0.25) is 5.32 Å². The van der Waals surface area contributed by atoms with Crippen LogP contribution in [0.5, 0.6) is 0 Å². The molecule has 0 spiro atoms. The number of hydrogen-bond acceptors (Lipinski definition) is 6. The summed E-state index contributed by atoms with van der Waals surface area (Å²) in [6, 6.07) is 3.63. The number of nitrogens with two attached hydrogens (primary N) is 1. The zero-order valence-corrected chi connectivity index (χ0v) is 16.0. The Morgan fingerprint density at radius 2 is 2.17 bits per heavy atom. The van der Waals surface area contributed by atoms with Crippen LogP contribution in [-0.4, -0.2) is 36.3 Å². The molecule has 29 heavy (non-hydrogen) atoms. The van der Waals surface area contributed by atoms with Crippen LogP contribution >= 0.6 is 0 Å². The Kier molecular flexibility index (Phi) is 5.82. The molecule has 1 aliphatic carbocycles. The summed E-state index contributed by atoms with van der Waals surface area (Å²) in [6.07, 6.45) is 5.72. The topological polar surface area (TPSA) is 129 Å². The van der Waals surface area contributed by atoms with Gasteiger partial charge in [0, 0.05) is 0 Å². The molecule has 0 fully saturated rings. The van der Waals surface area contributed by atoms with E-state index in [0.717, 1.165) is 11.1 Å². The minimum atomic E-state index is -0.718. The number of guanidine groups is 1. The number of halogens is 1. The van der Waals surface area contributed by atoms with Gasteiger partial charge in [-0.15, -0.1) is 5.10 Å². The second kappa shape index (κ2) is 8.46. The Balaban J connectivity index is 1.71. The summed E-state index contributed by atoms with van der Waals surface area (Å²) >= 11 is 0. The van der Waals surface area contributed by atoms with Gasteiger partial charge in [-0.2, -0.15) is 10.2 Å². The lowest BCUT2D eigenvalue weighted by atomic mass is 9.85. The van der Waals surface area contributed by atoms with E-state index >= 15 is 0 Å². The normalized spacial score (nSPS) is 20.9. The van der Waals surface area contributed by atoms with Gasteiger partial charge in [0.2, 0.25) is 5.96 Å². The summed E-state index contributed by atoms with van der Waals surface area (Å²) in [5.74, 6) is -0.367. The van der Waals surface area contributed by atoms with Crippen molar-refractivity contribution in [3.63, 3.8) is 0 Å². The van der Waals surface area contributed by atoms with Gasteiger partial charge >= 0.3 is 6.03 Å². The van der Waals surface area contributed by atoms with Crippen LogP contribution in [0.1, 0.15) is 12.5 Å². The van der Waals surface area contributed by atoms with Crippen molar-refractivity contribution < 1.29 is 9.18 Å². The van der Waals surface area contributed by atoms with Gasteiger partial charge in [0.05, 0.1) is 23.4 Å². The van der Waals surface area contributed by atoms with Crippen LogP contribution < -0.4 is 21.8 Å². The van der Waals surface area contributed by atoms with Crippen molar-refractivity contribution in [2.75, 3.05) is 5.32 Å². The molecule has 2 atom stereocenters. The fourth-order valence-electron chi connectivity index (χ4n) is 2.98. The van der Waals surface area contributed by atoms with Crippen LogP contribution in [0.25, 0.3) is 0 Å². The Morgan fingerprint density at radius 1 is 1.38 bits per heavy atom. The average molecular weight is 396 g/mol. The molecule has 1 heterocycles. The summed E-state index contributed by atoms with van der Waals surface area (Å²) in [7, 11) is 0. The number of amidine groups is 1. The van der Waals surface area contributed by atoms with Gasteiger partial charge in [-0.1, -0.05) is 24.3 Å². The maximum absolute atomic E-state index is 13.8. The summed E-state index contributed by atoms with van der Waals surface area (Å²) < 4.78 is 13.8. The highest BCUT2D eigenvalue weighted by Gasteiger charge is 2.34. The Morgan fingerprint density at radius 3 is 2.93 bits per heavy atom. The average Bonchev–Trinajstić information content (AvgIpc) is 3.09. The van der Waals surface area contributed by atoms with E-state index in [1.807, 2.05) is 18.2 Å². The molecule has 0 saturated heterocycles. The van der Waals surface area contributed by atoms with Crippen molar-refractivity contribution >= 4 is 35.9 Å². The summed E-state index contributed by atoms with van der Waals surface area (Å²) in [5.41, 5.74) is 11.2. The Labute approximate surface area is 167 Å². The maximum atomic E-state index is 13.8. The number of benzene rings is 1. The summed E-state index contributed by atoms with van der Waals surface area (Å²) in [5, 5.41) is 16.9. The number of anilines is 1. The molecule has 10 heteroatoms. The van der Waals surface area contributed by atoms with Gasteiger partial charge < -0.3 is 16.5 Å². The van der Waals surface area contributed by atoms with Crippen LogP contribution in [0.3, 0.4) is 0 Å². The first-order valence-corrected chi connectivity index (χ1v) is 8.79. The second-order valence-corrected chi connectivity index (χ2v) is 6.51. The number of nitrogens with zero attached hydrogens (tertiary/aromatic N) is 4. The van der Waals surface area contributed by atoms with Crippen molar-refractivity contribution in [2.24, 2.45) is 31.9 Å². The predicted molar refractivity (Wildman–Crippen MR) is 113 cm³/mol. The van der Waals surface area contributed by atoms with Gasteiger partial charge in [-0.05, 0) is 43.8 Å². The molecule has 9 nitrogen and oxygen atoms in total. The van der Waals surface area contributed by atoms with Crippen molar-refractivity contribution in [1.29, 1.82) is 0 Å². The number of carbonyl (C=O) groups excluding carboxylic acids is 1. The summed E-state index contributed by atoms with van der Waals surface area (Å²) in [6.45, 7) is 6.92. The molecular formula is C19H21FN8O. The zero-order valence-electron chi connectivity index (χ0n) is 16.0. The number of rotatable bonds is 3. The van der Waals surface area contributed by atoms with Crippen molar-refractivity contribution in [3.8, 4) is 0 Å². The largest absolute Gasteiger partial charge is 0.385 e. The molecule has 5 N–H and O–H groups in total. The van der Waals surface area contributed by atoms with Gasteiger partial charge in [0.15, 0.2) is 0 Å². The quantitative estimate of drug-likeness (QED) is 0.354. The molecule has 0 saturated carbocycles. The molecule has 150 valence electrons. The highest BCUT2D eigenvalue weighted by molar-refractivity contribution is 6.07. The number of hydrazone groups is 1. The third-order valence-corrected chi connectivity index (χ3v) is 4.41. The molecular weight excluding hydrogens is 375 g/mol. The van der Waals surface area contributed by atoms with Crippen molar-refractivity contribution in [2.45, 2.75) is 19.9 Å². The van der Waals surface area contributed by atoms with E-state index in [0.29, 0.717) is 11.5 Å². The molecule has 2 amide bonds. The fourth-order valence-corrected chi connectivity index (χ4v) is 2.98. The van der Waals surface area contributed by atoms with E-state index in [1.165, 1.54) is 12.1 Å². The molecule has 0 radical (unpaired) electrons. The highest BCUT2D eigenvalue weighted by Crippen LogP contribution is 2.26. The van der Waals surface area contributed by atoms with E-state index in [4.69, 9.17) is 5.73 Å². The minimum absolute atomic E-state index is 0.0331. The van der Waals surface area contributed by atoms with Gasteiger partial charge in [0.25, 0.3) is 0 Å². The SMILES string of the molecule is C=N/C(=N\N=C(/C)C1=CC=CC2NN=C(N)C12)NC(=O)Nc1cc(C)ccc1F.